The molecule has 1 saturated heterocycles. The van der Waals surface area contributed by atoms with Gasteiger partial charge in [-0.1, -0.05) is 30.3 Å². The SMILES string of the molecule is CC(C)(C)OC(=O)ON1CCc2c(c(-c3ccc(C(F)(F)F)cc3)nn2CCCN2CCC(N3C(=O)CCc4ccccc43)CC2)C1. The van der Waals surface area contributed by atoms with Crippen LogP contribution in [-0.4, -0.2) is 69.6 Å². The number of amides is 1. The Hall–Kier alpha value is -3.90. The maximum absolute atomic E-state index is 13.3. The first-order valence-corrected chi connectivity index (χ1v) is 16.4. The van der Waals surface area contributed by atoms with E-state index in [4.69, 9.17) is 14.7 Å². The van der Waals surface area contributed by atoms with Gasteiger partial charge < -0.3 is 19.4 Å². The molecule has 4 heterocycles. The van der Waals surface area contributed by atoms with Crippen molar-refractivity contribution in [1.29, 1.82) is 0 Å². The molecule has 0 spiro atoms. The van der Waals surface area contributed by atoms with Crippen LogP contribution in [0.25, 0.3) is 11.3 Å². The van der Waals surface area contributed by atoms with Crippen molar-refractivity contribution in [2.24, 2.45) is 0 Å². The molecule has 0 bridgehead atoms. The van der Waals surface area contributed by atoms with Gasteiger partial charge in [-0.3, -0.25) is 9.48 Å². The Bertz CT molecular complexity index is 1590. The summed E-state index contributed by atoms with van der Waals surface area (Å²) in [5, 5.41) is 6.41. The molecule has 3 aliphatic heterocycles. The van der Waals surface area contributed by atoms with Gasteiger partial charge in [0, 0.05) is 67.6 Å². The summed E-state index contributed by atoms with van der Waals surface area (Å²) < 4.78 is 47.1. The topological polar surface area (TPSA) is 80.1 Å². The molecule has 0 radical (unpaired) electrons. The highest BCUT2D eigenvalue weighted by Gasteiger charge is 2.34. The number of para-hydroxylation sites is 1. The molecule has 3 aromatic rings. The van der Waals surface area contributed by atoms with Crippen molar-refractivity contribution < 1.29 is 32.3 Å². The number of likely N-dealkylation sites (tertiary alicyclic amines) is 1. The summed E-state index contributed by atoms with van der Waals surface area (Å²) in [5.41, 5.74) is 3.84. The standard InChI is InChI=1S/C35H42F3N5O4/c1-34(2,3)46-33(45)47-41-22-17-30-28(23-41)32(25-9-12-26(13-10-25)35(36,37)38)39-42(30)19-6-18-40-20-15-27(16-21-40)43-29-8-5-4-7-24(29)11-14-31(43)44/h4-5,7-10,12-13,27H,6,11,14-23H2,1-3H3. The summed E-state index contributed by atoms with van der Waals surface area (Å²) in [6.07, 6.45) is -0.635. The van der Waals surface area contributed by atoms with E-state index in [9.17, 15) is 22.8 Å². The second-order valence-corrected chi connectivity index (χ2v) is 13.6. The Morgan fingerprint density at radius 2 is 1.66 bits per heavy atom. The molecule has 47 heavy (non-hydrogen) atoms. The monoisotopic (exact) mass is 653 g/mol. The first-order chi connectivity index (χ1) is 22.4. The second-order valence-electron chi connectivity index (χ2n) is 13.6. The molecule has 6 rings (SSSR count). The third-order valence-electron chi connectivity index (χ3n) is 9.07. The van der Waals surface area contributed by atoms with Gasteiger partial charge in [0.25, 0.3) is 0 Å². The molecule has 0 N–H and O–H groups in total. The number of alkyl halides is 3. The van der Waals surface area contributed by atoms with E-state index in [-0.39, 0.29) is 18.5 Å². The minimum absolute atomic E-state index is 0.204. The van der Waals surface area contributed by atoms with E-state index in [2.05, 4.69) is 17.0 Å². The highest BCUT2D eigenvalue weighted by molar-refractivity contribution is 5.97. The number of rotatable bonds is 7. The number of hydroxylamine groups is 2. The van der Waals surface area contributed by atoms with Crippen LogP contribution in [0.3, 0.4) is 0 Å². The van der Waals surface area contributed by atoms with E-state index in [1.54, 1.807) is 20.8 Å². The Labute approximate surface area is 273 Å². The van der Waals surface area contributed by atoms with Gasteiger partial charge in [0.2, 0.25) is 5.91 Å². The summed E-state index contributed by atoms with van der Waals surface area (Å²) >= 11 is 0. The number of anilines is 1. The van der Waals surface area contributed by atoms with Crippen LogP contribution >= 0.6 is 0 Å². The van der Waals surface area contributed by atoms with Crippen molar-refractivity contribution in [3.63, 3.8) is 0 Å². The lowest BCUT2D eigenvalue weighted by Gasteiger charge is -2.41. The first-order valence-electron chi connectivity index (χ1n) is 16.4. The normalized spacial score (nSPS) is 18.2. The van der Waals surface area contributed by atoms with Gasteiger partial charge in [0.05, 0.1) is 17.8 Å². The van der Waals surface area contributed by atoms with Gasteiger partial charge in [-0.25, -0.2) is 4.79 Å². The van der Waals surface area contributed by atoms with Gasteiger partial charge in [-0.05, 0) is 76.8 Å². The highest BCUT2D eigenvalue weighted by Crippen LogP contribution is 2.35. The van der Waals surface area contributed by atoms with Gasteiger partial charge in [-0.2, -0.15) is 18.3 Å². The number of hydrogen-bond donors (Lipinski definition) is 0. The minimum atomic E-state index is -4.43. The van der Waals surface area contributed by atoms with Crippen molar-refractivity contribution in [2.45, 2.75) is 90.2 Å². The molecule has 1 aromatic heterocycles. The Morgan fingerprint density at radius 3 is 2.36 bits per heavy atom. The van der Waals surface area contributed by atoms with Crippen LogP contribution in [0.2, 0.25) is 0 Å². The number of piperidine rings is 1. The van der Waals surface area contributed by atoms with Crippen LogP contribution in [0, 0.1) is 0 Å². The number of carbonyl (C=O) groups excluding carboxylic acids is 2. The summed E-state index contributed by atoms with van der Waals surface area (Å²) in [7, 11) is 0. The largest absolute Gasteiger partial charge is 0.528 e. The number of benzene rings is 2. The zero-order valence-electron chi connectivity index (χ0n) is 27.2. The number of fused-ring (bicyclic) bond motifs is 2. The summed E-state index contributed by atoms with van der Waals surface area (Å²) in [4.78, 5) is 35.2. The van der Waals surface area contributed by atoms with E-state index in [0.717, 1.165) is 74.4 Å². The fraction of sp³-hybridized carbons (Fsp3) is 0.514. The van der Waals surface area contributed by atoms with E-state index in [0.29, 0.717) is 37.2 Å². The molecule has 1 amide bonds. The maximum atomic E-state index is 13.3. The Kier molecular flexibility index (Phi) is 9.35. The van der Waals surface area contributed by atoms with Gasteiger partial charge in [0.1, 0.15) is 5.60 Å². The molecular formula is C35H42F3N5O4. The predicted molar refractivity (Wildman–Crippen MR) is 170 cm³/mol. The number of nitrogens with zero attached hydrogens (tertiary/aromatic N) is 5. The number of halogens is 3. The molecule has 0 saturated carbocycles. The zero-order valence-corrected chi connectivity index (χ0v) is 27.2. The molecule has 2 aromatic carbocycles. The van der Waals surface area contributed by atoms with Crippen LogP contribution in [0.1, 0.15) is 68.8 Å². The van der Waals surface area contributed by atoms with Crippen LogP contribution in [0.15, 0.2) is 48.5 Å². The number of aromatic nitrogens is 2. The van der Waals surface area contributed by atoms with Crippen molar-refractivity contribution in [3.8, 4) is 11.3 Å². The maximum Gasteiger partial charge on any atom is 0.528 e. The molecule has 0 atom stereocenters. The smallest absolute Gasteiger partial charge is 0.427 e. The molecular weight excluding hydrogens is 611 g/mol. The molecule has 3 aliphatic rings. The number of aryl methyl sites for hydroxylation is 2. The number of hydrogen-bond acceptors (Lipinski definition) is 7. The van der Waals surface area contributed by atoms with Gasteiger partial charge in [-0.15, -0.1) is 5.06 Å². The third-order valence-corrected chi connectivity index (χ3v) is 9.07. The average molecular weight is 654 g/mol. The van der Waals surface area contributed by atoms with Crippen molar-refractivity contribution >= 4 is 17.7 Å². The Balaban J connectivity index is 1.11. The fourth-order valence-electron chi connectivity index (χ4n) is 6.85. The highest BCUT2D eigenvalue weighted by atomic mass is 19.4. The summed E-state index contributed by atoms with van der Waals surface area (Å²) in [6, 6.07) is 13.4. The lowest BCUT2D eigenvalue weighted by Crippen LogP contribution is -2.49. The van der Waals surface area contributed by atoms with Crippen molar-refractivity contribution in [2.75, 3.05) is 31.1 Å². The average Bonchev–Trinajstić information content (AvgIpc) is 3.38. The van der Waals surface area contributed by atoms with E-state index in [1.165, 1.54) is 22.8 Å². The fourth-order valence-corrected chi connectivity index (χ4v) is 6.85. The molecule has 0 aliphatic carbocycles. The third kappa shape index (κ3) is 7.65. The van der Waals surface area contributed by atoms with E-state index < -0.39 is 23.5 Å². The van der Waals surface area contributed by atoms with Crippen molar-refractivity contribution in [1.82, 2.24) is 19.7 Å². The molecule has 252 valence electrons. The number of carbonyl (C=O) groups is 2. The minimum Gasteiger partial charge on any atom is -0.427 e. The molecule has 0 unspecified atom stereocenters. The predicted octanol–water partition coefficient (Wildman–Crippen LogP) is 6.63. The lowest BCUT2D eigenvalue weighted by atomic mass is 9.95. The van der Waals surface area contributed by atoms with Crippen LogP contribution in [0.4, 0.5) is 23.7 Å². The van der Waals surface area contributed by atoms with E-state index >= 15 is 0 Å². The van der Waals surface area contributed by atoms with Gasteiger partial charge in [0.15, 0.2) is 0 Å². The van der Waals surface area contributed by atoms with Crippen molar-refractivity contribution in [3.05, 3.63) is 70.9 Å². The van der Waals surface area contributed by atoms with Crippen LogP contribution in [0.5, 0.6) is 0 Å². The van der Waals surface area contributed by atoms with Gasteiger partial charge >= 0.3 is 12.3 Å². The lowest BCUT2D eigenvalue weighted by molar-refractivity contribution is -0.151. The second kappa shape index (κ2) is 13.3. The summed E-state index contributed by atoms with van der Waals surface area (Å²) in [6.45, 7) is 9.28. The first kappa shape index (κ1) is 33.0. The number of ether oxygens (including phenoxy) is 1. The Morgan fingerprint density at radius 1 is 0.936 bits per heavy atom. The molecule has 9 nitrogen and oxygen atoms in total. The van der Waals surface area contributed by atoms with Crippen LogP contribution < -0.4 is 4.90 Å². The molecule has 1 fully saturated rings. The summed E-state index contributed by atoms with van der Waals surface area (Å²) in [5.74, 6) is 0.213. The van der Waals surface area contributed by atoms with Crippen LogP contribution in [-0.2, 0) is 46.5 Å². The van der Waals surface area contributed by atoms with E-state index in [1.807, 2.05) is 21.7 Å². The molecule has 12 heteroatoms. The zero-order chi connectivity index (χ0) is 33.3. The quantitative estimate of drug-likeness (QED) is 0.265.